The van der Waals surface area contributed by atoms with Crippen LogP contribution in [0.15, 0.2) is 59.7 Å². The molecule has 0 aliphatic heterocycles. The molecule has 0 saturated heterocycles. The van der Waals surface area contributed by atoms with E-state index in [0.29, 0.717) is 0 Å². The van der Waals surface area contributed by atoms with Crippen molar-refractivity contribution in [2.75, 3.05) is 0 Å². The minimum absolute atomic E-state index is 0.154. The van der Waals surface area contributed by atoms with Gasteiger partial charge in [-0.1, -0.05) is 18.2 Å². The molecule has 19 heavy (non-hydrogen) atoms. The highest BCUT2D eigenvalue weighted by atomic mass is 16.1. The molecule has 3 aromatic rings. The van der Waals surface area contributed by atoms with E-state index >= 15 is 0 Å². The maximum atomic E-state index is 11.9. The van der Waals surface area contributed by atoms with Crippen molar-refractivity contribution in [3.63, 3.8) is 0 Å². The normalized spacial score (nSPS) is 10.6. The summed E-state index contributed by atoms with van der Waals surface area (Å²) in [5, 5.41) is 8.48. The fourth-order valence-electron chi connectivity index (χ4n) is 1.87. The van der Waals surface area contributed by atoms with E-state index in [4.69, 9.17) is 0 Å². The molecule has 0 atom stereocenters. The number of nitrogens with zero attached hydrogens (tertiary/aromatic N) is 4. The van der Waals surface area contributed by atoms with Crippen molar-refractivity contribution in [3.8, 4) is 16.9 Å². The van der Waals surface area contributed by atoms with Gasteiger partial charge in [0.2, 0.25) is 0 Å². The van der Waals surface area contributed by atoms with Crippen LogP contribution in [0.5, 0.6) is 0 Å². The van der Waals surface area contributed by atoms with Gasteiger partial charge >= 0.3 is 0 Å². The Hall–Kier alpha value is -2.69. The zero-order valence-corrected chi connectivity index (χ0v) is 10.4. The van der Waals surface area contributed by atoms with Gasteiger partial charge in [0.05, 0.1) is 17.6 Å². The topological polar surface area (TPSA) is 52.7 Å². The number of benzene rings is 1. The SMILES string of the molecule is Cn1cc(-c2ccc(=O)n(-c3ccccc3)n2)cn1. The summed E-state index contributed by atoms with van der Waals surface area (Å²) in [4.78, 5) is 11.9. The first kappa shape index (κ1) is 11.4. The predicted octanol–water partition coefficient (Wildman–Crippen LogP) is 1.63. The highest BCUT2D eigenvalue weighted by Crippen LogP contribution is 2.14. The summed E-state index contributed by atoms with van der Waals surface area (Å²) in [6, 6.07) is 12.6. The standard InChI is InChI=1S/C14H12N4O/c1-17-10-11(9-15-17)13-7-8-14(19)18(16-13)12-5-3-2-4-6-12/h2-10H,1H3. The molecule has 0 aliphatic rings. The van der Waals surface area contributed by atoms with Gasteiger partial charge in [0.25, 0.3) is 5.56 Å². The quantitative estimate of drug-likeness (QED) is 0.696. The molecule has 94 valence electrons. The van der Waals surface area contributed by atoms with Crippen molar-refractivity contribution >= 4 is 0 Å². The van der Waals surface area contributed by atoms with E-state index in [1.54, 1.807) is 16.9 Å². The van der Waals surface area contributed by atoms with Crippen LogP contribution in [-0.2, 0) is 7.05 Å². The van der Waals surface area contributed by atoms with Crippen molar-refractivity contribution in [2.24, 2.45) is 7.05 Å². The highest BCUT2D eigenvalue weighted by Gasteiger charge is 2.06. The lowest BCUT2D eigenvalue weighted by atomic mass is 10.2. The van der Waals surface area contributed by atoms with E-state index in [1.807, 2.05) is 43.6 Å². The zero-order chi connectivity index (χ0) is 13.2. The number of rotatable bonds is 2. The molecule has 0 spiro atoms. The monoisotopic (exact) mass is 252 g/mol. The van der Waals surface area contributed by atoms with Gasteiger partial charge in [0, 0.05) is 24.9 Å². The molecule has 0 saturated carbocycles. The Kier molecular flexibility index (Phi) is 2.72. The van der Waals surface area contributed by atoms with Crippen molar-refractivity contribution in [1.82, 2.24) is 19.6 Å². The molecule has 1 aromatic carbocycles. The molecule has 2 aromatic heterocycles. The molecule has 0 unspecified atom stereocenters. The largest absolute Gasteiger partial charge is 0.275 e. The van der Waals surface area contributed by atoms with Gasteiger partial charge in [-0.05, 0) is 18.2 Å². The van der Waals surface area contributed by atoms with Gasteiger partial charge in [0.1, 0.15) is 0 Å². The van der Waals surface area contributed by atoms with Crippen LogP contribution in [0, 0.1) is 0 Å². The van der Waals surface area contributed by atoms with Crippen LogP contribution in [0.1, 0.15) is 0 Å². The first-order chi connectivity index (χ1) is 9.24. The van der Waals surface area contributed by atoms with E-state index in [-0.39, 0.29) is 5.56 Å². The summed E-state index contributed by atoms with van der Waals surface area (Å²) in [7, 11) is 1.84. The van der Waals surface area contributed by atoms with Gasteiger partial charge in [-0.3, -0.25) is 9.48 Å². The number of hydrogen-bond acceptors (Lipinski definition) is 3. The summed E-state index contributed by atoms with van der Waals surface area (Å²) in [5.41, 5.74) is 2.20. The molecule has 5 nitrogen and oxygen atoms in total. The maximum Gasteiger partial charge on any atom is 0.271 e. The van der Waals surface area contributed by atoms with Gasteiger partial charge < -0.3 is 0 Å². The van der Waals surface area contributed by atoms with Crippen LogP contribution < -0.4 is 5.56 Å². The summed E-state index contributed by atoms with van der Waals surface area (Å²) < 4.78 is 3.09. The van der Waals surface area contributed by atoms with Crippen molar-refractivity contribution in [2.45, 2.75) is 0 Å². The number of aromatic nitrogens is 4. The van der Waals surface area contributed by atoms with E-state index in [2.05, 4.69) is 10.2 Å². The molecule has 2 heterocycles. The predicted molar refractivity (Wildman–Crippen MR) is 72.0 cm³/mol. The maximum absolute atomic E-state index is 11.9. The minimum atomic E-state index is -0.154. The molecule has 0 aliphatic carbocycles. The van der Waals surface area contributed by atoms with Gasteiger partial charge in [0.15, 0.2) is 0 Å². The third-order valence-corrected chi connectivity index (χ3v) is 2.80. The van der Waals surface area contributed by atoms with Gasteiger partial charge in [-0.15, -0.1) is 0 Å². The van der Waals surface area contributed by atoms with Crippen LogP contribution in [0.4, 0.5) is 0 Å². The van der Waals surface area contributed by atoms with Crippen LogP contribution >= 0.6 is 0 Å². The Morgan fingerprint density at radius 3 is 2.53 bits per heavy atom. The van der Waals surface area contributed by atoms with Crippen LogP contribution in [0.3, 0.4) is 0 Å². The Labute approximate surface area is 109 Å². The Morgan fingerprint density at radius 2 is 1.84 bits per heavy atom. The van der Waals surface area contributed by atoms with Gasteiger partial charge in [-0.25, -0.2) is 0 Å². The molecule has 5 heteroatoms. The van der Waals surface area contributed by atoms with E-state index in [9.17, 15) is 4.79 Å². The Balaban J connectivity index is 2.14. The first-order valence-electron chi connectivity index (χ1n) is 5.89. The summed E-state index contributed by atoms with van der Waals surface area (Å²) in [5.74, 6) is 0. The fraction of sp³-hybridized carbons (Fsp3) is 0.0714. The molecule has 3 rings (SSSR count). The third-order valence-electron chi connectivity index (χ3n) is 2.80. The van der Waals surface area contributed by atoms with Gasteiger partial charge in [-0.2, -0.15) is 14.9 Å². The summed E-state index contributed by atoms with van der Waals surface area (Å²) >= 11 is 0. The Morgan fingerprint density at radius 1 is 1.05 bits per heavy atom. The number of aryl methyl sites for hydroxylation is 1. The minimum Gasteiger partial charge on any atom is -0.275 e. The van der Waals surface area contributed by atoms with Crippen molar-refractivity contribution < 1.29 is 0 Å². The van der Waals surface area contributed by atoms with E-state index in [0.717, 1.165) is 16.9 Å². The lowest BCUT2D eigenvalue weighted by Gasteiger charge is -2.05. The molecule has 0 fully saturated rings. The van der Waals surface area contributed by atoms with Crippen LogP contribution in [-0.4, -0.2) is 19.6 Å². The smallest absolute Gasteiger partial charge is 0.271 e. The van der Waals surface area contributed by atoms with Crippen LogP contribution in [0.2, 0.25) is 0 Å². The molecule has 0 N–H and O–H groups in total. The first-order valence-corrected chi connectivity index (χ1v) is 5.89. The van der Waals surface area contributed by atoms with Crippen LogP contribution in [0.25, 0.3) is 16.9 Å². The number of para-hydroxylation sites is 1. The molecule has 0 bridgehead atoms. The summed E-state index contributed by atoms with van der Waals surface area (Å²) in [6.07, 6.45) is 3.59. The van der Waals surface area contributed by atoms with Crippen molar-refractivity contribution in [1.29, 1.82) is 0 Å². The highest BCUT2D eigenvalue weighted by molar-refractivity contribution is 5.56. The fourth-order valence-corrected chi connectivity index (χ4v) is 1.87. The zero-order valence-electron chi connectivity index (χ0n) is 10.4. The molecule has 0 radical (unpaired) electrons. The lowest BCUT2D eigenvalue weighted by Crippen LogP contribution is -2.20. The Bertz CT molecular complexity index is 758. The van der Waals surface area contributed by atoms with E-state index < -0.39 is 0 Å². The van der Waals surface area contributed by atoms with Crippen molar-refractivity contribution in [3.05, 3.63) is 65.2 Å². The summed E-state index contributed by atoms with van der Waals surface area (Å²) in [6.45, 7) is 0. The number of hydrogen-bond donors (Lipinski definition) is 0. The third kappa shape index (κ3) is 2.18. The second kappa shape index (κ2) is 4.53. The second-order valence-electron chi connectivity index (χ2n) is 4.21. The van der Waals surface area contributed by atoms with E-state index in [1.165, 1.54) is 10.7 Å². The average Bonchev–Trinajstić information content (AvgIpc) is 2.87. The second-order valence-corrected chi connectivity index (χ2v) is 4.21. The molecular formula is C14H12N4O. The lowest BCUT2D eigenvalue weighted by molar-refractivity contribution is 0.767. The molecular weight excluding hydrogens is 240 g/mol. The average molecular weight is 252 g/mol. The molecule has 0 amide bonds.